The van der Waals surface area contributed by atoms with E-state index in [1.54, 1.807) is 10.8 Å². The molecule has 3 aromatic carbocycles. The molecule has 5 rings (SSSR count). The second-order valence-electron chi connectivity index (χ2n) is 8.76. The third-order valence-corrected chi connectivity index (χ3v) is 6.71. The summed E-state index contributed by atoms with van der Waals surface area (Å²) in [5, 5.41) is 0. The van der Waals surface area contributed by atoms with E-state index in [0.717, 1.165) is 29.5 Å². The first-order chi connectivity index (χ1) is 16.7. The molecule has 5 heteroatoms. The van der Waals surface area contributed by atoms with Crippen LogP contribution in [0.1, 0.15) is 40.2 Å². The zero-order valence-electron chi connectivity index (χ0n) is 19.4. The molecular formula is C29H29N3O2. The molecule has 1 saturated heterocycles. The Labute approximate surface area is 200 Å². The van der Waals surface area contributed by atoms with Gasteiger partial charge in [-0.2, -0.15) is 0 Å². The fourth-order valence-electron chi connectivity index (χ4n) is 5.09. The van der Waals surface area contributed by atoms with E-state index in [-0.39, 0.29) is 11.9 Å². The molecule has 2 heterocycles. The number of imidazole rings is 1. The van der Waals surface area contributed by atoms with Gasteiger partial charge >= 0.3 is 0 Å². The third-order valence-electron chi connectivity index (χ3n) is 6.71. The maximum atomic E-state index is 13.7. The Morgan fingerprint density at radius 2 is 1.53 bits per heavy atom. The normalized spacial score (nSPS) is 16.0. The quantitative estimate of drug-likeness (QED) is 0.389. The summed E-state index contributed by atoms with van der Waals surface area (Å²) in [5.74, 6) is 0.388. The zero-order valence-corrected chi connectivity index (χ0v) is 19.4. The molecule has 0 radical (unpaired) electrons. The molecule has 0 spiro atoms. The Morgan fingerprint density at radius 1 is 0.941 bits per heavy atom. The predicted octanol–water partition coefficient (Wildman–Crippen LogP) is 5.19. The number of nitrogens with zero attached hydrogens (tertiary/aromatic N) is 3. The van der Waals surface area contributed by atoms with E-state index >= 15 is 0 Å². The molecule has 172 valence electrons. The molecule has 1 amide bonds. The number of aromatic nitrogens is 2. The number of carbonyl (C=O) groups excluding carboxylic acids is 1. The third kappa shape index (κ3) is 4.03. The lowest BCUT2D eigenvalue weighted by molar-refractivity contribution is -0.0748. The number of carbonyl (C=O) groups is 1. The molecule has 0 N–H and O–H groups in total. The molecule has 0 saturated carbocycles. The van der Waals surface area contributed by atoms with E-state index in [1.165, 1.54) is 0 Å². The number of aryl methyl sites for hydroxylation is 1. The van der Waals surface area contributed by atoms with E-state index in [2.05, 4.69) is 41.4 Å². The van der Waals surface area contributed by atoms with Gasteiger partial charge in [0.1, 0.15) is 5.60 Å². The van der Waals surface area contributed by atoms with Crippen molar-refractivity contribution in [1.29, 1.82) is 0 Å². The minimum Gasteiger partial charge on any atom is -0.359 e. The minimum absolute atomic E-state index is 0.0606. The predicted molar refractivity (Wildman–Crippen MR) is 132 cm³/mol. The van der Waals surface area contributed by atoms with Gasteiger partial charge in [-0.1, -0.05) is 91.0 Å². The highest BCUT2D eigenvalue weighted by molar-refractivity contribution is 5.91. The Morgan fingerprint density at radius 3 is 2.09 bits per heavy atom. The molecule has 34 heavy (non-hydrogen) atoms. The topological polar surface area (TPSA) is 47.4 Å². The van der Waals surface area contributed by atoms with Crippen molar-refractivity contribution in [1.82, 2.24) is 14.5 Å². The second kappa shape index (κ2) is 9.65. The van der Waals surface area contributed by atoms with E-state index in [0.29, 0.717) is 19.0 Å². The van der Waals surface area contributed by atoms with Crippen LogP contribution in [0.3, 0.4) is 0 Å². The summed E-state index contributed by atoms with van der Waals surface area (Å²) in [4.78, 5) is 20.0. The van der Waals surface area contributed by atoms with E-state index in [1.807, 2.05) is 72.7 Å². The fraction of sp³-hybridized carbons (Fsp3) is 0.241. The lowest BCUT2D eigenvalue weighted by Crippen LogP contribution is -2.52. The van der Waals surface area contributed by atoms with Crippen LogP contribution in [-0.2, 0) is 24.0 Å². The Bertz CT molecular complexity index is 1180. The van der Waals surface area contributed by atoms with Gasteiger partial charge in [0.05, 0.1) is 12.6 Å². The van der Waals surface area contributed by atoms with Crippen LogP contribution in [0.15, 0.2) is 103 Å². The Balaban J connectivity index is 1.64. The molecule has 4 aromatic rings. The van der Waals surface area contributed by atoms with Crippen molar-refractivity contribution in [2.45, 2.75) is 31.1 Å². The van der Waals surface area contributed by atoms with Crippen molar-refractivity contribution in [3.8, 4) is 0 Å². The van der Waals surface area contributed by atoms with Crippen molar-refractivity contribution in [3.63, 3.8) is 0 Å². The second-order valence-corrected chi connectivity index (χ2v) is 8.76. The van der Waals surface area contributed by atoms with Gasteiger partial charge in [-0.15, -0.1) is 0 Å². The molecule has 5 nitrogen and oxygen atoms in total. The average Bonchev–Trinajstić information content (AvgIpc) is 3.56. The van der Waals surface area contributed by atoms with Crippen molar-refractivity contribution < 1.29 is 9.53 Å². The van der Waals surface area contributed by atoms with E-state index < -0.39 is 5.60 Å². The lowest BCUT2D eigenvalue weighted by atomic mass is 9.78. The van der Waals surface area contributed by atoms with Gasteiger partial charge in [-0.25, -0.2) is 4.98 Å². The zero-order chi connectivity index (χ0) is 23.4. The van der Waals surface area contributed by atoms with Crippen LogP contribution in [-0.4, -0.2) is 32.9 Å². The number of amides is 1. The van der Waals surface area contributed by atoms with Gasteiger partial charge in [0.2, 0.25) is 0 Å². The summed E-state index contributed by atoms with van der Waals surface area (Å²) < 4.78 is 8.77. The minimum atomic E-state index is -0.824. The van der Waals surface area contributed by atoms with Crippen molar-refractivity contribution in [2.24, 2.45) is 7.05 Å². The van der Waals surface area contributed by atoms with E-state index in [9.17, 15) is 4.79 Å². The number of benzene rings is 3. The number of hydrogen-bond acceptors (Lipinski definition) is 3. The smallest absolute Gasteiger partial charge is 0.290 e. The highest BCUT2D eigenvalue weighted by atomic mass is 16.5. The monoisotopic (exact) mass is 451 g/mol. The molecule has 1 aromatic heterocycles. The Kier molecular flexibility index (Phi) is 6.28. The van der Waals surface area contributed by atoms with Gasteiger partial charge in [-0.05, 0) is 29.5 Å². The highest BCUT2D eigenvalue weighted by Gasteiger charge is 2.50. The van der Waals surface area contributed by atoms with Gasteiger partial charge in [0, 0.05) is 26.0 Å². The number of likely N-dealkylation sites (tertiary alicyclic amines) is 1. The molecule has 1 aliphatic heterocycles. The number of ether oxygens (including phenoxy) is 1. The molecule has 0 unspecified atom stereocenters. The number of hydrogen-bond donors (Lipinski definition) is 0. The van der Waals surface area contributed by atoms with Crippen molar-refractivity contribution in [2.75, 3.05) is 6.54 Å². The molecule has 1 aliphatic rings. The van der Waals surface area contributed by atoms with Crippen LogP contribution in [0.25, 0.3) is 0 Å². The summed E-state index contributed by atoms with van der Waals surface area (Å²) in [7, 11) is 1.86. The molecular weight excluding hydrogens is 422 g/mol. The van der Waals surface area contributed by atoms with Gasteiger partial charge in [0.15, 0.2) is 5.82 Å². The van der Waals surface area contributed by atoms with Gasteiger partial charge in [0.25, 0.3) is 5.91 Å². The maximum absolute atomic E-state index is 13.7. The summed E-state index contributed by atoms with van der Waals surface area (Å²) in [6.07, 6.45) is 5.24. The summed E-state index contributed by atoms with van der Waals surface area (Å²) in [5.41, 5.74) is 2.36. The van der Waals surface area contributed by atoms with Gasteiger partial charge in [-0.3, -0.25) is 4.79 Å². The largest absolute Gasteiger partial charge is 0.359 e. The number of rotatable bonds is 7. The van der Waals surface area contributed by atoms with Crippen molar-refractivity contribution >= 4 is 5.91 Å². The van der Waals surface area contributed by atoms with E-state index in [4.69, 9.17) is 4.74 Å². The molecule has 0 bridgehead atoms. The van der Waals surface area contributed by atoms with Crippen LogP contribution in [0.2, 0.25) is 0 Å². The molecule has 0 aliphatic carbocycles. The summed E-state index contributed by atoms with van der Waals surface area (Å²) >= 11 is 0. The SMILES string of the molecule is Cn1ccnc1C(=O)N1CCC[C@@H]1C(OCc1ccccc1)(c1ccccc1)c1ccccc1. The summed E-state index contributed by atoms with van der Waals surface area (Å²) in [6.45, 7) is 1.11. The summed E-state index contributed by atoms with van der Waals surface area (Å²) in [6, 6.07) is 30.7. The lowest BCUT2D eigenvalue weighted by Gasteiger charge is -2.44. The maximum Gasteiger partial charge on any atom is 0.290 e. The standard InChI is InChI=1S/C29H29N3O2/c1-31-21-19-30-27(31)28(33)32-20-11-18-26(32)29(24-14-7-3-8-15-24,25-16-9-4-10-17-25)34-22-23-12-5-2-6-13-23/h2-10,12-17,19,21,26H,11,18,20,22H2,1H3/t26-/m1/s1. The first-order valence-corrected chi connectivity index (χ1v) is 11.8. The first kappa shape index (κ1) is 22.1. The molecule has 1 atom stereocenters. The van der Waals surface area contributed by atoms with Crippen LogP contribution in [0, 0.1) is 0 Å². The van der Waals surface area contributed by atoms with Crippen LogP contribution in [0.4, 0.5) is 0 Å². The Hall–Kier alpha value is -3.70. The highest BCUT2D eigenvalue weighted by Crippen LogP contribution is 2.44. The first-order valence-electron chi connectivity index (χ1n) is 11.8. The van der Waals surface area contributed by atoms with Crippen molar-refractivity contribution in [3.05, 3.63) is 126 Å². The fourth-order valence-corrected chi connectivity index (χ4v) is 5.09. The average molecular weight is 452 g/mol. The van der Waals surface area contributed by atoms with Crippen LogP contribution < -0.4 is 0 Å². The molecule has 1 fully saturated rings. The van der Waals surface area contributed by atoms with Gasteiger partial charge < -0.3 is 14.2 Å². The van der Waals surface area contributed by atoms with Crippen LogP contribution >= 0.6 is 0 Å². The van der Waals surface area contributed by atoms with Crippen LogP contribution in [0.5, 0.6) is 0 Å².